The number of hydrogen-bond donors (Lipinski definition) is 4. The summed E-state index contributed by atoms with van der Waals surface area (Å²) in [5.41, 5.74) is 14.4. The van der Waals surface area contributed by atoms with Crippen molar-refractivity contribution in [2.45, 2.75) is 25.3 Å². The van der Waals surface area contributed by atoms with Crippen LogP contribution in [0.1, 0.15) is 36.4 Å². The summed E-state index contributed by atoms with van der Waals surface area (Å²) < 4.78 is 1.95. The van der Waals surface area contributed by atoms with Crippen LogP contribution < -0.4 is 11.5 Å². The molecule has 0 amide bonds. The van der Waals surface area contributed by atoms with Gasteiger partial charge in [0, 0.05) is 47.8 Å². The second-order valence-electron chi connectivity index (χ2n) is 5.54. The van der Waals surface area contributed by atoms with E-state index >= 15 is 0 Å². The number of aromatic nitrogens is 3. The van der Waals surface area contributed by atoms with Gasteiger partial charge in [-0.05, 0) is 18.9 Å². The number of aromatic amines is 1. The van der Waals surface area contributed by atoms with E-state index in [-0.39, 0.29) is 12.6 Å². The third kappa shape index (κ3) is 2.42. The van der Waals surface area contributed by atoms with Crippen LogP contribution in [0.15, 0.2) is 30.9 Å². The van der Waals surface area contributed by atoms with E-state index in [0.29, 0.717) is 11.7 Å². The molecule has 2 aromatic heterocycles. The van der Waals surface area contributed by atoms with Crippen molar-refractivity contribution in [3.63, 3.8) is 0 Å². The Morgan fingerprint density at radius 2 is 2.38 bits per heavy atom. The van der Waals surface area contributed by atoms with E-state index in [4.69, 9.17) is 11.5 Å². The van der Waals surface area contributed by atoms with Gasteiger partial charge >= 0.3 is 0 Å². The number of aliphatic hydroxyl groups is 1. The van der Waals surface area contributed by atoms with Crippen LogP contribution in [0.2, 0.25) is 0 Å². The highest BCUT2D eigenvalue weighted by atomic mass is 16.3. The van der Waals surface area contributed by atoms with Crippen molar-refractivity contribution in [2.24, 2.45) is 11.7 Å². The molecular formula is C15H21N5O. The SMILES string of the molecule is N/C=C(/c1cnn(C2CCCC2CO)c1)c1cc[nH]c1N. The molecule has 2 unspecified atom stereocenters. The number of aliphatic hydroxyl groups excluding tert-OH is 1. The Hall–Kier alpha value is -2.21. The van der Waals surface area contributed by atoms with Crippen LogP contribution in [0.5, 0.6) is 0 Å². The molecule has 3 rings (SSSR count). The Morgan fingerprint density at radius 1 is 1.52 bits per heavy atom. The van der Waals surface area contributed by atoms with Crippen LogP contribution in [0.3, 0.4) is 0 Å². The molecular weight excluding hydrogens is 266 g/mol. The molecule has 1 aliphatic carbocycles. The van der Waals surface area contributed by atoms with Gasteiger partial charge in [0.25, 0.3) is 0 Å². The van der Waals surface area contributed by atoms with Crippen molar-refractivity contribution in [2.75, 3.05) is 12.3 Å². The number of anilines is 1. The number of nitrogen functional groups attached to an aromatic ring is 1. The highest BCUT2D eigenvalue weighted by Crippen LogP contribution is 2.36. The number of hydrogen-bond acceptors (Lipinski definition) is 4. The first kappa shape index (κ1) is 13.8. The Labute approximate surface area is 123 Å². The fourth-order valence-electron chi connectivity index (χ4n) is 3.20. The zero-order valence-electron chi connectivity index (χ0n) is 11.9. The third-order valence-electron chi connectivity index (χ3n) is 4.34. The van der Waals surface area contributed by atoms with Crippen molar-refractivity contribution < 1.29 is 5.11 Å². The molecule has 0 bridgehead atoms. The molecule has 2 heterocycles. The van der Waals surface area contributed by atoms with Gasteiger partial charge in [0.1, 0.15) is 5.82 Å². The minimum atomic E-state index is 0.213. The van der Waals surface area contributed by atoms with Gasteiger partial charge < -0.3 is 21.6 Å². The average molecular weight is 287 g/mol. The van der Waals surface area contributed by atoms with Crippen molar-refractivity contribution in [1.29, 1.82) is 0 Å². The van der Waals surface area contributed by atoms with E-state index in [2.05, 4.69) is 10.1 Å². The van der Waals surface area contributed by atoms with Crippen LogP contribution in [0, 0.1) is 5.92 Å². The molecule has 0 spiro atoms. The second-order valence-corrected chi connectivity index (χ2v) is 5.54. The predicted molar refractivity (Wildman–Crippen MR) is 82.2 cm³/mol. The van der Waals surface area contributed by atoms with Crippen molar-refractivity contribution in [1.82, 2.24) is 14.8 Å². The summed E-state index contributed by atoms with van der Waals surface area (Å²) in [6.07, 6.45) is 10.4. The van der Waals surface area contributed by atoms with Crippen molar-refractivity contribution >= 4 is 11.4 Å². The molecule has 6 nitrogen and oxygen atoms in total. The zero-order chi connectivity index (χ0) is 14.8. The minimum Gasteiger partial charge on any atom is -0.404 e. The summed E-state index contributed by atoms with van der Waals surface area (Å²) >= 11 is 0. The van der Waals surface area contributed by atoms with E-state index < -0.39 is 0 Å². The van der Waals surface area contributed by atoms with Gasteiger partial charge in [-0.25, -0.2) is 0 Å². The first-order valence-corrected chi connectivity index (χ1v) is 7.25. The Balaban J connectivity index is 1.89. The topological polar surface area (TPSA) is 106 Å². The lowest BCUT2D eigenvalue weighted by atomic mass is 10.0. The summed E-state index contributed by atoms with van der Waals surface area (Å²) in [6.45, 7) is 0.213. The van der Waals surface area contributed by atoms with Crippen molar-refractivity contribution in [3.8, 4) is 0 Å². The first-order valence-electron chi connectivity index (χ1n) is 7.25. The van der Waals surface area contributed by atoms with Crippen LogP contribution in [0.4, 0.5) is 5.82 Å². The maximum atomic E-state index is 9.45. The van der Waals surface area contributed by atoms with E-state index in [0.717, 1.165) is 36.0 Å². The zero-order valence-corrected chi connectivity index (χ0v) is 11.9. The largest absolute Gasteiger partial charge is 0.404 e. The molecule has 1 saturated carbocycles. The fourth-order valence-corrected chi connectivity index (χ4v) is 3.20. The number of nitrogens with zero attached hydrogens (tertiary/aromatic N) is 2. The van der Waals surface area contributed by atoms with Gasteiger partial charge in [-0.1, -0.05) is 6.42 Å². The molecule has 0 aromatic carbocycles. The van der Waals surface area contributed by atoms with Crippen molar-refractivity contribution in [3.05, 3.63) is 42.0 Å². The molecule has 6 heteroatoms. The summed E-state index contributed by atoms with van der Waals surface area (Å²) in [5.74, 6) is 0.883. The molecule has 1 fully saturated rings. The lowest BCUT2D eigenvalue weighted by Crippen LogP contribution is -2.17. The monoisotopic (exact) mass is 287 g/mol. The molecule has 0 saturated heterocycles. The number of nitrogens with one attached hydrogen (secondary N) is 1. The molecule has 1 aliphatic rings. The van der Waals surface area contributed by atoms with Crippen LogP contribution in [0.25, 0.3) is 5.57 Å². The number of rotatable bonds is 4. The lowest BCUT2D eigenvalue weighted by molar-refractivity contribution is 0.190. The summed E-state index contributed by atoms with van der Waals surface area (Å²) in [7, 11) is 0. The van der Waals surface area contributed by atoms with Gasteiger partial charge in [-0.3, -0.25) is 4.68 Å². The third-order valence-corrected chi connectivity index (χ3v) is 4.34. The van der Waals surface area contributed by atoms with Gasteiger partial charge in [-0.2, -0.15) is 5.10 Å². The molecule has 0 radical (unpaired) electrons. The van der Waals surface area contributed by atoms with Gasteiger partial charge in [0.05, 0.1) is 12.2 Å². The maximum absolute atomic E-state index is 9.45. The van der Waals surface area contributed by atoms with Crippen LogP contribution in [-0.4, -0.2) is 26.5 Å². The maximum Gasteiger partial charge on any atom is 0.108 e. The van der Waals surface area contributed by atoms with Gasteiger partial charge in [0.2, 0.25) is 0 Å². The molecule has 21 heavy (non-hydrogen) atoms. The van der Waals surface area contributed by atoms with Crippen LogP contribution >= 0.6 is 0 Å². The molecule has 2 aromatic rings. The Bertz CT molecular complexity index is 642. The fraction of sp³-hybridized carbons (Fsp3) is 0.400. The van der Waals surface area contributed by atoms with E-state index in [1.165, 1.54) is 0 Å². The highest BCUT2D eigenvalue weighted by Gasteiger charge is 2.28. The standard InChI is InChI=1S/C15H21N5O/c16-6-13(12-4-5-18-15(12)17)11-7-19-20(8-11)14-3-1-2-10(14)9-21/h4-8,10,14,18,21H,1-3,9,16-17H2/b13-6-. The van der Waals surface area contributed by atoms with Gasteiger partial charge in [-0.15, -0.1) is 0 Å². The lowest BCUT2D eigenvalue weighted by Gasteiger charge is -2.17. The van der Waals surface area contributed by atoms with E-state index in [1.807, 2.05) is 16.9 Å². The molecule has 0 aliphatic heterocycles. The van der Waals surface area contributed by atoms with Crippen LogP contribution in [-0.2, 0) is 0 Å². The second kappa shape index (κ2) is 5.65. The normalized spacial score (nSPS) is 22.8. The van der Waals surface area contributed by atoms with E-state index in [1.54, 1.807) is 18.6 Å². The minimum absolute atomic E-state index is 0.213. The summed E-state index contributed by atoms with van der Waals surface area (Å²) in [6, 6.07) is 2.17. The smallest absolute Gasteiger partial charge is 0.108 e. The quantitative estimate of drug-likeness (QED) is 0.683. The summed E-state index contributed by atoms with van der Waals surface area (Å²) in [4.78, 5) is 2.95. The molecule has 6 N–H and O–H groups in total. The Kier molecular flexibility index (Phi) is 3.70. The molecule has 112 valence electrons. The number of H-pyrrole nitrogens is 1. The Morgan fingerprint density at radius 3 is 3.05 bits per heavy atom. The summed E-state index contributed by atoms with van der Waals surface area (Å²) in [5, 5.41) is 13.9. The average Bonchev–Trinajstić information content (AvgIpc) is 3.20. The molecule has 2 atom stereocenters. The van der Waals surface area contributed by atoms with E-state index in [9.17, 15) is 5.11 Å². The number of nitrogens with two attached hydrogens (primary N) is 2. The first-order chi connectivity index (χ1) is 10.2. The highest BCUT2D eigenvalue weighted by molar-refractivity contribution is 5.83. The predicted octanol–water partition coefficient (Wildman–Crippen LogP) is 1.47. The van der Waals surface area contributed by atoms with Gasteiger partial charge in [0.15, 0.2) is 0 Å².